The van der Waals surface area contributed by atoms with Crippen molar-refractivity contribution in [1.29, 1.82) is 0 Å². The van der Waals surface area contributed by atoms with E-state index in [2.05, 4.69) is 63.5 Å². The highest BCUT2D eigenvalue weighted by molar-refractivity contribution is 7.99. The molecule has 0 unspecified atom stereocenters. The molecule has 6 rings (SSSR count). The van der Waals surface area contributed by atoms with Crippen LogP contribution in [0.15, 0.2) is 107 Å². The Morgan fingerprint density at radius 2 is 1.26 bits per heavy atom. The summed E-state index contributed by atoms with van der Waals surface area (Å²) in [5.74, 6) is -10.8. The monoisotopic (exact) mass is 1550 g/mol. The molecule has 36 heteroatoms. The van der Waals surface area contributed by atoms with Gasteiger partial charge in [0.25, 0.3) is 5.91 Å². The first-order chi connectivity index (χ1) is 52.6. The third-order valence-electron chi connectivity index (χ3n) is 17.5. The molecule has 1 aliphatic rings. The first-order valence-electron chi connectivity index (χ1n) is 36.3. The third kappa shape index (κ3) is 27.1. The fourth-order valence-electron chi connectivity index (χ4n) is 11.7. The number of fused-ring (bicyclic) bond motifs is 1. The van der Waals surface area contributed by atoms with Gasteiger partial charge >= 0.3 is 12.0 Å². The molecule has 1 aliphatic heterocycles. The van der Waals surface area contributed by atoms with E-state index in [1.54, 1.807) is 123 Å². The Morgan fingerprint density at radius 1 is 0.673 bits per heavy atom. The van der Waals surface area contributed by atoms with Crippen molar-refractivity contribution in [2.75, 3.05) is 59.5 Å². The van der Waals surface area contributed by atoms with Crippen LogP contribution in [0.3, 0.4) is 0 Å². The number of aryl methyl sites for hydroxylation is 1. The third-order valence-corrected chi connectivity index (χ3v) is 18.6. The summed E-state index contributed by atoms with van der Waals surface area (Å²) in [4.78, 5) is 190. The zero-order chi connectivity index (χ0) is 80.6. The number of carbonyl (C=O) groups is 13. The predicted octanol–water partition coefficient (Wildman–Crippen LogP) is -1.95. The molecule has 3 heterocycles. The number of carbonyl (C=O) groups excluding carboxylic acids is 13. The van der Waals surface area contributed by atoms with Crippen molar-refractivity contribution >= 4 is 112 Å². The number of rotatable bonds is 31. The zero-order valence-corrected chi connectivity index (χ0v) is 63.3. The number of benzene rings is 3. The Labute approximate surface area is 641 Å². The Hall–Kier alpha value is -10.8. The Morgan fingerprint density at radius 3 is 1.85 bits per heavy atom. The van der Waals surface area contributed by atoms with Gasteiger partial charge in [-0.15, -0.1) is 0 Å². The molecule has 3 aromatic carbocycles. The van der Waals surface area contributed by atoms with Gasteiger partial charge in [-0.1, -0.05) is 74.1 Å². The van der Waals surface area contributed by atoms with Gasteiger partial charge in [-0.2, -0.15) is 9.78 Å². The summed E-state index contributed by atoms with van der Waals surface area (Å²) in [6.45, 7) is 4.78. The van der Waals surface area contributed by atoms with E-state index < -0.39 is 164 Å². The highest BCUT2D eigenvalue weighted by Crippen LogP contribution is 2.34. The molecule has 0 bridgehead atoms. The maximum absolute atomic E-state index is 14.9. The normalized spacial score (nSPS) is 19.7. The van der Waals surface area contributed by atoms with Crippen LogP contribution < -0.4 is 81.4 Å². The molecular weight excluding hydrogens is 1440 g/mol. The maximum Gasteiger partial charge on any atom is 0.345 e. The summed E-state index contributed by atoms with van der Waals surface area (Å²) in [7, 11) is 1.51. The summed E-state index contributed by atoms with van der Waals surface area (Å²) < 4.78 is 6.35. The Kier molecular flexibility index (Phi) is 35.8. The van der Waals surface area contributed by atoms with E-state index in [0.717, 1.165) is 10.2 Å². The van der Waals surface area contributed by atoms with Crippen LogP contribution in [0.1, 0.15) is 113 Å². The Bertz CT molecular complexity index is 4020. The van der Waals surface area contributed by atoms with Gasteiger partial charge in [0.15, 0.2) is 0 Å². The first-order valence-corrected chi connectivity index (χ1v) is 37.2. The number of pyridine rings is 1. The van der Waals surface area contributed by atoms with Crippen LogP contribution >= 0.6 is 11.8 Å². The van der Waals surface area contributed by atoms with Crippen LogP contribution in [0.2, 0.25) is 0 Å². The Balaban J connectivity index is 1.28. The molecule has 0 radical (unpaired) electrons. The van der Waals surface area contributed by atoms with E-state index in [1.807, 2.05) is 0 Å². The number of aliphatic hydroxyl groups excluding tert-OH is 2. The highest BCUT2D eigenvalue weighted by atomic mass is 32.2. The average molecular weight is 1550 g/mol. The molecule has 110 heavy (non-hydrogen) atoms. The van der Waals surface area contributed by atoms with Crippen molar-refractivity contribution in [3.05, 3.63) is 120 Å². The van der Waals surface area contributed by atoms with Crippen molar-refractivity contribution in [2.24, 2.45) is 28.9 Å². The van der Waals surface area contributed by atoms with E-state index in [1.165, 1.54) is 44.5 Å². The van der Waals surface area contributed by atoms with Crippen molar-refractivity contribution in [1.82, 2.24) is 78.1 Å². The number of hydrogen-bond acceptors (Lipinski definition) is 23. The summed E-state index contributed by atoms with van der Waals surface area (Å²) >= 11 is 1.26. The molecule has 596 valence electrons. The second-order valence-corrected chi connectivity index (χ2v) is 27.7. The smallest absolute Gasteiger partial charge is 0.345 e. The van der Waals surface area contributed by atoms with Gasteiger partial charge in [-0.3, -0.25) is 62.5 Å². The molecule has 12 amide bonds. The van der Waals surface area contributed by atoms with Crippen LogP contribution in [0.25, 0.3) is 23.1 Å². The van der Waals surface area contributed by atoms with Gasteiger partial charge in [0.2, 0.25) is 59.1 Å². The summed E-state index contributed by atoms with van der Waals surface area (Å²) in [5.41, 5.74) is 26.2. The topological polar surface area (TPSA) is 542 Å². The van der Waals surface area contributed by atoms with Crippen LogP contribution in [0.5, 0.6) is 0 Å². The van der Waals surface area contributed by atoms with Gasteiger partial charge in [0, 0.05) is 54.9 Å². The van der Waals surface area contributed by atoms with E-state index in [9.17, 15) is 72.5 Å². The van der Waals surface area contributed by atoms with Crippen LogP contribution in [0.4, 0.5) is 4.79 Å². The number of aromatic nitrogens is 3. The fourth-order valence-corrected chi connectivity index (χ4v) is 12.6. The van der Waals surface area contributed by atoms with Crippen LogP contribution in [-0.2, 0) is 63.9 Å². The van der Waals surface area contributed by atoms with Crippen molar-refractivity contribution in [2.45, 2.75) is 169 Å². The van der Waals surface area contributed by atoms with E-state index in [0.29, 0.717) is 37.6 Å². The number of hydrogen-bond donors (Lipinski definition) is 17. The quantitative estimate of drug-likeness (QED) is 0.0215. The lowest BCUT2D eigenvalue weighted by atomic mass is 10.00. The number of amides is 12. The lowest BCUT2D eigenvalue weighted by molar-refractivity contribution is -0.141. The average Bonchev–Trinajstić information content (AvgIpc) is 1.62. The molecule has 0 saturated carbocycles. The van der Waals surface area contributed by atoms with Gasteiger partial charge in [0.05, 0.1) is 41.2 Å². The number of aliphatic hydroxyl groups is 2. The minimum atomic E-state index is -1.81. The maximum atomic E-state index is 14.9. The number of nitrogens with zero attached hydrogens (tertiary/aromatic N) is 4. The summed E-state index contributed by atoms with van der Waals surface area (Å²) in [6, 6.07) is 11.7. The first kappa shape index (κ1) is 88.1. The van der Waals surface area contributed by atoms with Gasteiger partial charge in [-0.05, 0) is 157 Å². The van der Waals surface area contributed by atoms with Crippen molar-refractivity contribution in [3.8, 4) is 0 Å². The minimum Gasteiger partial charge on any atom is -0.464 e. The second-order valence-electron chi connectivity index (χ2n) is 26.6. The summed E-state index contributed by atoms with van der Waals surface area (Å²) in [6.07, 6.45) is -0.113. The summed E-state index contributed by atoms with van der Waals surface area (Å²) in [5, 5.41) is 55.5. The number of esters is 1. The standard InChI is InChI=1S/C74H103N19O16S/c1-42(2)40-58-71(105)85-54(26-32-76)67(101)84-56(28-34-78)70(104)90-62(43(3)94)72(106)81-36-29-57(69(103)83-53(25-31-75)66(100)82-52(65(99)88-58)23-19-46-14-8-7-9-15-46)86-68(102)55(27-33-77)87-73(107)63(44(4)95)89-61(97)30-37-92(38-39-109-45(5)96)74(108)93-59-41-48(110-60-18-11-10-17-50(60)64(98)79-6)21-22-49(59)51(91-93)24-20-47-16-12-13-35-80-47/h7-18,20-22,24,35,41-44,52-58,62-63,94-95H,19,23,25-34,36-40,75-78H2,1-6H3,(H,79,98)(H,81,106)(H,82,100)(H,83,103)(H,84,101)(H,85,105)(H,86,102)(H,87,107)(H,88,99)(H,89,97)(H,90,104)/b24-20+/t43-,44-,52-,53+,54+,55+,56+,57+,58+,62-,63+/m1/s1. The second kappa shape index (κ2) is 44.6. The molecule has 11 atom stereocenters. The van der Waals surface area contributed by atoms with Crippen LogP contribution in [-0.4, -0.2) is 233 Å². The molecule has 2 aromatic heterocycles. The molecule has 35 nitrogen and oxygen atoms in total. The van der Waals surface area contributed by atoms with E-state index in [-0.39, 0.29) is 96.1 Å². The van der Waals surface area contributed by atoms with E-state index >= 15 is 0 Å². The zero-order valence-electron chi connectivity index (χ0n) is 62.5. The minimum absolute atomic E-state index is 0.0268. The van der Waals surface area contributed by atoms with Crippen molar-refractivity contribution in [3.63, 3.8) is 0 Å². The number of ether oxygens (including phenoxy) is 1. The van der Waals surface area contributed by atoms with Crippen molar-refractivity contribution < 1.29 is 77.3 Å². The fraction of sp³-hybridized carbons (Fsp3) is 0.473. The molecule has 21 N–H and O–H groups in total. The number of nitrogens with two attached hydrogens (primary N) is 4. The molecule has 0 spiro atoms. The highest BCUT2D eigenvalue weighted by Gasteiger charge is 2.38. The largest absolute Gasteiger partial charge is 0.464 e. The number of nitrogens with one attached hydrogen (secondary N) is 11. The lowest BCUT2D eigenvalue weighted by Crippen LogP contribution is -2.61. The van der Waals surface area contributed by atoms with Gasteiger partial charge < -0.3 is 101 Å². The van der Waals surface area contributed by atoms with Gasteiger partial charge in [0.1, 0.15) is 61.0 Å². The predicted molar refractivity (Wildman–Crippen MR) is 408 cm³/mol. The molecule has 0 aliphatic carbocycles. The van der Waals surface area contributed by atoms with E-state index in [4.69, 9.17) is 32.8 Å². The van der Waals surface area contributed by atoms with Gasteiger partial charge in [-0.25, -0.2) is 4.79 Å². The molecular formula is C74H103N19O16S. The molecule has 1 saturated heterocycles. The molecule has 1 fully saturated rings. The lowest BCUT2D eigenvalue weighted by Gasteiger charge is -2.28. The molecule has 5 aromatic rings. The SMILES string of the molecule is CNC(=O)c1ccccc1Sc1ccc2c(/C=C/c3ccccn3)nn(C(=O)N(CCOC(C)=O)CCC(=O)N[C@H](C(=O)N[C@@H](CCN)C(=O)N[C@H]3CCNC(=O)[C@@H]([C@@H](C)O)NC(=O)[C@H](CCN)NC(=O)[C@H](CCN)NC(=O)[C@H](CC(C)C)NC(=O)[C@@H](CCc4ccccc4)NC(=O)[C@H](CCN)NC3=O)[C@@H](C)O)c2c1. The van der Waals surface area contributed by atoms with Crippen LogP contribution in [0, 0.1) is 5.92 Å².